The summed E-state index contributed by atoms with van der Waals surface area (Å²) in [5, 5.41) is -0.543. The molecule has 0 N–H and O–H groups in total. The van der Waals surface area contributed by atoms with Gasteiger partial charge in [-0.25, -0.2) is 13.2 Å². The van der Waals surface area contributed by atoms with Gasteiger partial charge in [0, 0.05) is 18.3 Å². The molecule has 1 heterocycles. The van der Waals surface area contributed by atoms with Gasteiger partial charge in [0.25, 0.3) is 5.91 Å². The molecular formula is C18H22N2O5S2. The van der Waals surface area contributed by atoms with Gasteiger partial charge in [0.1, 0.15) is 4.88 Å². The zero-order valence-corrected chi connectivity index (χ0v) is 17.5. The van der Waals surface area contributed by atoms with Crippen LogP contribution in [0.15, 0.2) is 34.2 Å². The Morgan fingerprint density at radius 2 is 1.81 bits per heavy atom. The number of sulfone groups is 1. The number of benzene rings is 1. The van der Waals surface area contributed by atoms with Crippen LogP contribution in [0.4, 0.5) is 0 Å². The molecule has 0 aliphatic rings. The van der Waals surface area contributed by atoms with Crippen molar-refractivity contribution in [1.82, 2.24) is 4.57 Å². The first kappa shape index (κ1) is 21.0. The number of rotatable bonds is 5. The molecule has 0 saturated heterocycles. The molecule has 0 saturated carbocycles. The number of hydrogen-bond acceptors (Lipinski definition) is 6. The minimum Gasteiger partial charge on any atom is -0.462 e. The lowest BCUT2D eigenvalue weighted by Gasteiger charge is -2.07. The van der Waals surface area contributed by atoms with Gasteiger partial charge >= 0.3 is 5.97 Å². The minimum absolute atomic E-state index is 0.163. The second kappa shape index (κ2) is 8.18. The molecule has 1 aromatic carbocycles. The maximum absolute atomic E-state index is 12.4. The standard InChI is InChI=1S/C18H22N2O5S2/c1-6-25-17(22)15-12(4)20(5)18(26-15)19-16(21)13-7-9-14(10-8-13)27(23,24)11(2)3/h7-11H,6H2,1-5H3. The zero-order valence-electron chi connectivity index (χ0n) is 15.8. The largest absolute Gasteiger partial charge is 0.462 e. The Morgan fingerprint density at radius 1 is 1.22 bits per heavy atom. The van der Waals surface area contributed by atoms with E-state index in [2.05, 4.69) is 4.99 Å². The third-order valence-corrected chi connectivity index (χ3v) is 7.40. The van der Waals surface area contributed by atoms with Crippen molar-refractivity contribution in [3.05, 3.63) is 45.2 Å². The quantitative estimate of drug-likeness (QED) is 0.706. The van der Waals surface area contributed by atoms with Gasteiger partial charge in [0.05, 0.1) is 16.8 Å². The Kier molecular flexibility index (Phi) is 6.38. The number of ether oxygens (including phenoxy) is 1. The highest BCUT2D eigenvalue weighted by Gasteiger charge is 2.20. The number of amides is 1. The fourth-order valence-electron chi connectivity index (χ4n) is 2.22. The first-order valence-corrected chi connectivity index (χ1v) is 10.7. The molecule has 2 aromatic rings. The molecule has 0 spiro atoms. The minimum atomic E-state index is -3.40. The van der Waals surface area contributed by atoms with E-state index in [1.165, 1.54) is 24.3 Å². The van der Waals surface area contributed by atoms with Crippen molar-refractivity contribution < 1.29 is 22.7 Å². The van der Waals surface area contributed by atoms with Crippen molar-refractivity contribution in [2.45, 2.75) is 37.8 Å². The van der Waals surface area contributed by atoms with Gasteiger partial charge in [-0.2, -0.15) is 4.99 Å². The first-order valence-electron chi connectivity index (χ1n) is 8.36. The van der Waals surface area contributed by atoms with Crippen molar-refractivity contribution in [2.24, 2.45) is 12.0 Å². The van der Waals surface area contributed by atoms with E-state index in [9.17, 15) is 18.0 Å². The lowest BCUT2D eigenvalue weighted by atomic mass is 10.2. The van der Waals surface area contributed by atoms with Crippen LogP contribution in [-0.4, -0.2) is 36.7 Å². The van der Waals surface area contributed by atoms with E-state index >= 15 is 0 Å². The SMILES string of the molecule is CCOC(=O)c1sc(=NC(=O)c2ccc(S(=O)(=O)C(C)C)cc2)n(C)c1C. The number of carbonyl (C=O) groups excluding carboxylic acids is 2. The van der Waals surface area contributed by atoms with Crippen LogP contribution in [0, 0.1) is 6.92 Å². The fraction of sp³-hybridized carbons (Fsp3) is 0.389. The van der Waals surface area contributed by atoms with Crippen molar-refractivity contribution in [2.75, 3.05) is 6.61 Å². The molecular weight excluding hydrogens is 388 g/mol. The van der Waals surface area contributed by atoms with Gasteiger partial charge in [0.15, 0.2) is 14.6 Å². The Bertz CT molecular complexity index is 1030. The van der Waals surface area contributed by atoms with Gasteiger partial charge in [-0.3, -0.25) is 4.79 Å². The molecule has 2 rings (SSSR count). The highest BCUT2D eigenvalue weighted by molar-refractivity contribution is 7.92. The molecule has 0 bridgehead atoms. The average molecular weight is 411 g/mol. The molecule has 1 amide bonds. The third-order valence-electron chi connectivity index (χ3n) is 4.02. The van der Waals surface area contributed by atoms with E-state index in [-0.39, 0.29) is 17.1 Å². The Labute approximate surface area is 162 Å². The summed E-state index contributed by atoms with van der Waals surface area (Å²) >= 11 is 1.07. The van der Waals surface area contributed by atoms with Gasteiger partial charge in [0.2, 0.25) is 0 Å². The van der Waals surface area contributed by atoms with Crippen molar-refractivity contribution in [3.8, 4) is 0 Å². The monoisotopic (exact) mass is 410 g/mol. The van der Waals surface area contributed by atoms with E-state index in [0.29, 0.717) is 15.4 Å². The lowest BCUT2D eigenvalue weighted by molar-refractivity contribution is 0.0530. The summed E-state index contributed by atoms with van der Waals surface area (Å²) in [5.74, 6) is -0.969. The van der Waals surface area contributed by atoms with Crippen LogP contribution in [0.3, 0.4) is 0 Å². The van der Waals surface area contributed by atoms with Gasteiger partial charge in [-0.1, -0.05) is 11.3 Å². The maximum Gasteiger partial charge on any atom is 0.350 e. The van der Waals surface area contributed by atoms with E-state index in [1.807, 2.05) is 0 Å². The number of thiazole rings is 1. The third kappa shape index (κ3) is 4.36. The molecule has 0 atom stereocenters. The lowest BCUT2D eigenvalue weighted by Crippen LogP contribution is -2.15. The maximum atomic E-state index is 12.4. The summed E-state index contributed by atoms with van der Waals surface area (Å²) in [6.07, 6.45) is 0. The molecule has 7 nitrogen and oxygen atoms in total. The van der Waals surface area contributed by atoms with Gasteiger partial charge in [-0.05, 0) is 52.0 Å². The number of esters is 1. The van der Waals surface area contributed by atoms with E-state index < -0.39 is 27.0 Å². The highest BCUT2D eigenvalue weighted by atomic mass is 32.2. The Balaban J connectivity index is 2.37. The summed E-state index contributed by atoms with van der Waals surface area (Å²) < 4.78 is 31.0. The Morgan fingerprint density at radius 3 is 2.33 bits per heavy atom. The van der Waals surface area contributed by atoms with Crippen LogP contribution < -0.4 is 4.80 Å². The van der Waals surface area contributed by atoms with Crippen LogP contribution in [-0.2, 0) is 21.6 Å². The predicted octanol–water partition coefficient (Wildman–Crippen LogP) is 2.49. The summed E-state index contributed by atoms with van der Waals surface area (Å²) in [7, 11) is -1.69. The van der Waals surface area contributed by atoms with Crippen LogP contribution in [0.1, 0.15) is 46.5 Å². The van der Waals surface area contributed by atoms with Crippen LogP contribution in [0.25, 0.3) is 0 Å². The molecule has 0 unspecified atom stereocenters. The van der Waals surface area contributed by atoms with E-state index in [0.717, 1.165) is 11.3 Å². The Hall–Kier alpha value is -2.26. The van der Waals surface area contributed by atoms with E-state index in [1.54, 1.807) is 39.3 Å². The number of hydrogen-bond donors (Lipinski definition) is 0. The predicted molar refractivity (Wildman–Crippen MR) is 103 cm³/mol. The molecule has 0 aliphatic heterocycles. The number of aromatic nitrogens is 1. The van der Waals surface area contributed by atoms with Crippen LogP contribution in [0.5, 0.6) is 0 Å². The second-order valence-corrected chi connectivity index (χ2v) is 9.60. The van der Waals surface area contributed by atoms with Crippen LogP contribution >= 0.6 is 11.3 Å². The fourth-order valence-corrected chi connectivity index (χ4v) is 4.30. The smallest absolute Gasteiger partial charge is 0.350 e. The first-order chi connectivity index (χ1) is 12.6. The molecule has 0 aliphatic carbocycles. The molecule has 146 valence electrons. The average Bonchev–Trinajstić information content (AvgIpc) is 2.90. The van der Waals surface area contributed by atoms with Crippen molar-refractivity contribution in [3.63, 3.8) is 0 Å². The molecule has 9 heteroatoms. The molecule has 0 radical (unpaired) electrons. The topological polar surface area (TPSA) is 94.8 Å². The highest BCUT2D eigenvalue weighted by Crippen LogP contribution is 2.17. The zero-order chi connectivity index (χ0) is 20.4. The molecule has 27 heavy (non-hydrogen) atoms. The molecule has 0 fully saturated rings. The van der Waals surface area contributed by atoms with Gasteiger partial charge in [-0.15, -0.1) is 0 Å². The number of carbonyl (C=O) groups is 2. The second-order valence-electron chi connectivity index (χ2n) is 6.11. The van der Waals surface area contributed by atoms with Crippen molar-refractivity contribution >= 4 is 33.1 Å². The number of nitrogens with zero attached hydrogens (tertiary/aromatic N) is 2. The summed E-state index contributed by atoms with van der Waals surface area (Å²) in [6.45, 7) is 6.93. The summed E-state index contributed by atoms with van der Waals surface area (Å²) in [5.41, 5.74) is 0.921. The van der Waals surface area contributed by atoms with Gasteiger partial charge < -0.3 is 9.30 Å². The normalized spacial score (nSPS) is 12.4. The molecule has 1 aromatic heterocycles. The van der Waals surface area contributed by atoms with Crippen molar-refractivity contribution in [1.29, 1.82) is 0 Å². The summed E-state index contributed by atoms with van der Waals surface area (Å²) in [6, 6.07) is 5.69. The van der Waals surface area contributed by atoms with E-state index in [4.69, 9.17) is 4.74 Å². The summed E-state index contributed by atoms with van der Waals surface area (Å²) in [4.78, 5) is 29.4. The van der Waals surface area contributed by atoms with Crippen LogP contribution in [0.2, 0.25) is 0 Å².